The molecule has 3 aromatic carbocycles. The number of aryl methyl sites for hydroxylation is 1. The summed E-state index contributed by atoms with van der Waals surface area (Å²) < 4.78 is 27.2. The molecular weight excluding hydrogens is 358 g/mol. The quantitative estimate of drug-likeness (QED) is 0.432. The SMILES string of the molecule is Cc1c(/C=N/NS(=O)(=O)c2ccc3ccccc3c2)c2ccccc2n1C. The van der Waals surface area contributed by atoms with Gasteiger partial charge in [0.15, 0.2) is 0 Å². The molecule has 1 aromatic heterocycles. The largest absolute Gasteiger partial charge is 0.347 e. The lowest BCUT2D eigenvalue weighted by Crippen LogP contribution is -2.18. The van der Waals surface area contributed by atoms with E-state index in [9.17, 15) is 8.42 Å². The number of hydrogen-bond acceptors (Lipinski definition) is 3. The van der Waals surface area contributed by atoms with Crippen molar-refractivity contribution in [3.63, 3.8) is 0 Å². The number of aromatic nitrogens is 1. The summed E-state index contributed by atoms with van der Waals surface area (Å²) in [4.78, 5) is 2.51. The standard InChI is InChI=1S/C21H19N3O2S/c1-15-20(19-9-5-6-10-21(19)24(15)2)14-22-23-27(25,26)18-12-11-16-7-3-4-8-17(16)13-18/h3-14,23H,1-2H3/b22-14+. The van der Waals surface area contributed by atoms with Crippen LogP contribution < -0.4 is 4.83 Å². The Hall–Kier alpha value is -3.12. The summed E-state index contributed by atoms with van der Waals surface area (Å²) in [5.74, 6) is 0. The lowest BCUT2D eigenvalue weighted by atomic mass is 10.1. The van der Waals surface area contributed by atoms with Crippen molar-refractivity contribution in [1.82, 2.24) is 9.40 Å². The first-order chi connectivity index (χ1) is 13.0. The first kappa shape index (κ1) is 17.3. The Morgan fingerprint density at radius 3 is 2.48 bits per heavy atom. The summed E-state index contributed by atoms with van der Waals surface area (Å²) in [5.41, 5.74) is 2.99. The molecule has 0 spiro atoms. The molecule has 0 unspecified atom stereocenters. The second-order valence-electron chi connectivity index (χ2n) is 6.44. The molecule has 136 valence electrons. The minimum Gasteiger partial charge on any atom is -0.347 e. The molecule has 0 bridgehead atoms. The van der Waals surface area contributed by atoms with Crippen molar-refractivity contribution >= 4 is 37.9 Å². The molecule has 0 aliphatic carbocycles. The van der Waals surface area contributed by atoms with Crippen molar-refractivity contribution in [3.05, 3.63) is 78.0 Å². The zero-order valence-electron chi connectivity index (χ0n) is 15.0. The van der Waals surface area contributed by atoms with Crippen molar-refractivity contribution in [2.45, 2.75) is 11.8 Å². The first-order valence-corrected chi connectivity index (χ1v) is 10.0. The Morgan fingerprint density at radius 2 is 1.67 bits per heavy atom. The van der Waals surface area contributed by atoms with Gasteiger partial charge in [-0.25, -0.2) is 4.83 Å². The zero-order chi connectivity index (χ0) is 19.0. The summed E-state index contributed by atoms with van der Waals surface area (Å²) in [5, 5.41) is 6.91. The molecule has 1 heterocycles. The molecule has 0 saturated heterocycles. The maximum Gasteiger partial charge on any atom is 0.276 e. The van der Waals surface area contributed by atoms with Crippen LogP contribution >= 0.6 is 0 Å². The van der Waals surface area contributed by atoms with Crippen LogP contribution in [0.4, 0.5) is 0 Å². The van der Waals surface area contributed by atoms with Crippen LogP contribution in [0.15, 0.2) is 76.7 Å². The molecule has 0 aliphatic rings. The third-order valence-corrected chi connectivity index (χ3v) is 6.07. The predicted molar refractivity (Wildman–Crippen MR) is 110 cm³/mol. The minimum atomic E-state index is -3.74. The van der Waals surface area contributed by atoms with Gasteiger partial charge in [-0.05, 0) is 35.9 Å². The number of hydrogen-bond donors (Lipinski definition) is 1. The Bertz CT molecular complexity index is 1290. The summed E-state index contributed by atoms with van der Waals surface area (Å²) in [6, 6.07) is 20.6. The van der Waals surface area contributed by atoms with Crippen LogP contribution in [0, 0.1) is 6.92 Å². The smallest absolute Gasteiger partial charge is 0.276 e. The van der Waals surface area contributed by atoms with Crippen molar-refractivity contribution < 1.29 is 8.42 Å². The molecule has 5 nitrogen and oxygen atoms in total. The van der Waals surface area contributed by atoms with Crippen molar-refractivity contribution in [2.24, 2.45) is 12.1 Å². The number of fused-ring (bicyclic) bond motifs is 2. The van der Waals surface area contributed by atoms with Crippen LogP contribution in [0.5, 0.6) is 0 Å². The number of hydrazone groups is 1. The van der Waals surface area contributed by atoms with E-state index in [1.54, 1.807) is 24.4 Å². The highest BCUT2D eigenvalue weighted by Gasteiger charge is 2.14. The Labute approximate surface area is 158 Å². The van der Waals surface area contributed by atoms with Gasteiger partial charge in [-0.15, -0.1) is 0 Å². The van der Waals surface area contributed by atoms with E-state index < -0.39 is 10.0 Å². The van der Waals surface area contributed by atoms with Crippen LogP contribution in [0.2, 0.25) is 0 Å². The van der Waals surface area contributed by atoms with E-state index in [-0.39, 0.29) is 4.90 Å². The van der Waals surface area contributed by atoms with Gasteiger partial charge in [-0.3, -0.25) is 0 Å². The summed E-state index contributed by atoms with van der Waals surface area (Å²) in [6.07, 6.45) is 1.57. The van der Waals surface area contributed by atoms with E-state index in [2.05, 4.69) is 14.5 Å². The van der Waals surface area contributed by atoms with Gasteiger partial charge in [0.2, 0.25) is 0 Å². The highest BCUT2D eigenvalue weighted by Crippen LogP contribution is 2.23. The number of sulfonamides is 1. The molecule has 1 N–H and O–H groups in total. The fraction of sp³-hybridized carbons (Fsp3) is 0.0952. The van der Waals surface area contributed by atoms with Crippen LogP contribution in [-0.4, -0.2) is 19.2 Å². The van der Waals surface area contributed by atoms with Gasteiger partial charge in [0.1, 0.15) is 0 Å². The Morgan fingerprint density at radius 1 is 0.963 bits per heavy atom. The zero-order valence-corrected chi connectivity index (χ0v) is 15.9. The van der Waals surface area contributed by atoms with Gasteiger partial charge in [-0.1, -0.05) is 48.5 Å². The van der Waals surface area contributed by atoms with E-state index in [0.29, 0.717) is 0 Å². The second kappa shape index (κ2) is 6.55. The maximum absolute atomic E-state index is 12.6. The van der Waals surface area contributed by atoms with Crippen molar-refractivity contribution in [1.29, 1.82) is 0 Å². The van der Waals surface area contributed by atoms with E-state index in [4.69, 9.17) is 0 Å². The van der Waals surface area contributed by atoms with E-state index in [1.807, 2.05) is 62.5 Å². The Balaban J connectivity index is 1.65. The van der Waals surface area contributed by atoms with E-state index >= 15 is 0 Å². The summed E-state index contributed by atoms with van der Waals surface area (Å²) >= 11 is 0. The number of rotatable bonds is 4. The number of nitrogens with zero attached hydrogens (tertiary/aromatic N) is 2. The van der Waals surface area contributed by atoms with Crippen LogP contribution in [0.25, 0.3) is 21.7 Å². The minimum absolute atomic E-state index is 0.188. The normalized spacial score (nSPS) is 12.2. The molecule has 4 aromatic rings. The summed E-state index contributed by atoms with van der Waals surface area (Å²) in [6.45, 7) is 1.99. The van der Waals surface area contributed by atoms with Gasteiger partial charge in [0.25, 0.3) is 10.0 Å². The average Bonchev–Trinajstić information content (AvgIpc) is 2.92. The van der Waals surface area contributed by atoms with Crippen LogP contribution in [0.1, 0.15) is 11.3 Å². The van der Waals surface area contributed by atoms with Crippen LogP contribution in [0.3, 0.4) is 0 Å². The topological polar surface area (TPSA) is 63.5 Å². The van der Waals surface area contributed by atoms with Gasteiger partial charge in [0, 0.05) is 29.2 Å². The lowest BCUT2D eigenvalue weighted by molar-refractivity contribution is 0.585. The fourth-order valence-corrected chi connectivity index (χ4v) is 4.09. The molecular formula is C21H19N3O2S. The second-order valence-corrected chi connectivity index (χ2v) is 8.10. The Kier molecular flexibility index (Phi) is 4.20. The molecule has 0 radical (unpaired) electrons. The molecule has 0 fully saturated rings. The third kappa shape index (κ3) is 3.08. The van der Waals surface area contributed by atoms with Gasteiger partial charge in [-0.2, -0.15) is 13.5 Å². The molecule has 0 amide bonds. The molecule has 0 saturated carbocycles. The van der Waals surface area contributed by atoms with E-state index in [1.165, 1.54) is 0 Å². The number of benzene rings is 3. The molecule has 0 atom stereocenters. The molecule has 4 rings (SSSR count). The van der Waals surface area contributed by atoms with Crippen molar-refractivity contribution in [2.75, 3.05) is 0 Å². The fourth-order valence-electron chi connectivity index (χ4n) is 3.26. The molecule has 0 aliphatic heterocycles. The van der Waals surface area contributed by atoms with E-state index in [0.717, 1.165) is 32.9 Å². The first-order valence-electron chi connectivity index (χ1n) is 8.55. The average molecular weight is 377 g/mol. The number of nitrogens with one attached hydrogen (secondary N) is 1. The highest BCUT2D eigenvalue weighted by atomic mass is 32.2. The molecule has 27 heavy (non-hydrogen) atoms. The lowest BCUT2D eigenvalue weighted by Gasteiger charge is -2.05. The predicted octanol–water partition coefficient (Wildman–Crippen LogP) is 3.95. The van der Waals surface area contributed by atoms with Gasteiger partial charge in [0.05, 0.1) is 11.1 Å². The van der Waals surface area contributed by atoms with Gasteiger partial charge < -0.3 is 4.57 Å². The highest BCUT2D eigenvalue weighted by molar-refractivity contribution is 7.89. The third-order valence-electron chi connectivity index (χ3n) is 4.85. The van der Waals surface area contributed by atoms with Crippen LogP contribution in [-0.2, 0) is 17.1 Å². The summed E-state index contributed by atoms with van der Waals surface area (Å²) in [7, 11) is -1.76. The monoisotopic (exact) mass is 377 g/mol. The van der Waals surface area contributed by atoms with Crippen molar-refractivity contribution in [3.8, 4) is 0 Å². The van der Waals surface area contributed by atoms with Gasteiger partial charge >= 0.3 is 0 Å². The molecule has 6 heteroatoms. The maximum atomic E-state index is 12.6. The number of para-hydroxylation sites is 1.